The molecular weight excluding hydrogens is 200 g/mol. The summed E-state index contributed by atoms with van der Waals surface area (Å²) in [4.78, 5) is 14.1. The standard InChI is InChI=1S/C13H16N2O/c1-2-3-9-14-11-5-4-6-12-10(11)7-8-13(16)15-12/h1,7-8,11,14H,3-6,9H2,(H,15,16). The quantitative estimate of drug-likeness (QED) is 0.592. The van der Waals surface area contributed by atoms with Crippen molar-refractivity contribution in [1.29, 1.82) is 0 Å². The molecule has 0 amide bonds. The second-order valence-corrected chi connectivity index (χ2v) is 4.11. The van der Waals surface area contributed by atoms with Gasteiger partial charge >= 0.3 is 0 Å². The number of hydrogen-bond donors (Lipinski definition) is 2. The zero-order chi connectivity index (χ0) is 11.4. The van der Waals surface area contributed by atoms with Gasteiger partial charge in [-0.25, -0.2) is 0 Å². The van der Waals surface area contributed by atoms with Crippen LogP contribution in [0.4, 0.5) is 0 Å². The van der Waals surface area contributed by atoms with Crippen molar-refractivity contribution < 1.29 is 0 Å². The van der Waals surface area contributed by atoms with Crippen LogP contribution in [0.5, 0.6) is 0 Å². The maximum absolute atomic E-state index is 11.2. The minimum atomic E-state index is -0.0111. The Kier molecular flexibility index (Phi) is 3.43. The van der Waals surface area contributed by atoms with Crippen LogP contribution in [0.25, 0.3) is 0 Å². The highest BCUT2D eigenvalue weighted by atomic mass is 16.1. The molecule has 2 N–H and O–H groups in total. The van der Waals surface area contributed by atoms with Gasteiger partial charge in [0.2, 0.25) is 5.56 Å². The lowest BCUT2D eigenvalue weighted by atomic mass is 9.91. The van der Waals surface area contributed by atoms with Crippen LogP contribution in [-0.2, 0) is 6.42 Å². The van der Waals surface area contributed by atoms with Crippen molar-refractivity contribution in [2.45, 2.75) is 31.7 Å². The molecule has 1 aromatic rings. The minimum absolute atomic E-state index is 0.0111. The van der Waals surface area contributed by atoms with Crippen LogP contribution in [0.15, 0.2) is 16.9 Å². The Morgan fingerprint density at radius 1 is 1.56 bits per heavy atom. The van der Waals surface area contributed by atoms with Crippen LogP contribution in [0.2, 0.25) is 0 Å². The fourth-order valence-corrected chi connectivity index (χ4v) is 2.23. The average Bonchev–Trinajstić information content (AvgIpc) is 2.29. The van der Waals surface area contributed by atoms with Crippen molar-refractivity contribution in [2.24, 2.45) is 0 Å². The van der Waals surface area contributed by atoms with E-state index in [0.29, 0.717) is 6.04 Å². The molecule has 3 nitrogen and oxygen atoms in total. The predicted molar refractivity (Wildman–Crippen MR) is 64.2 cm³/mol. The fourth-order valence-electron chi connectivity index (χ4n) is 2.23. The Morgan fingerprint density at radius 2 is 2.44 bits per heavy atom. The molecule has 1 atom stereocenters. The number of aromatic nitrogens is 1. The van der Waals surface area contributed by atoms with Crippen LogP contribution in [0.1, 0.15) is 36.6 Å². The van der Waals surface area contributed by atoms with Crippen LogP contribution < -0.4 is 10.9 Å². The van der Waals surface area contributed by atoms with Gasteiger partial charge in [0.25, 0.3) is 0 Å². The largest absolute Gasteiger partial charge is 0.326 e. The highest BCUT2D eigenvalue weighted by molar-refractivity contribution is 5.26. The lowest BCUT2D eigenvalue weighted by Gasteiger charge is -2.25. The van der Waals surface area contributed by atoms with E-state index in [4.69, 9.17) is 6.42 Å². The summed E-state index contributed by atoms with van der Waals surface area (Å²) >= 11 is 0. The van der Waals surface area contributed by atoms with Crippen molar-refractivity contribution in [1.82, 2.24) is 10.3 Å². The van der Waals surface area contributed by atoms with E-state index >= 15 is 0 Å². The molecule has 0 saturated heterocycles. The topological polar surface area (TPSA) is 44.9 Å². The van der Waals surface area contributed by atoms with Crippen molar-refractivity contribution in [3.05, 3.63) is 33.7 Å². The summed E-state index contributed by atoms with van der Waals surface area (Å²) in [6, 6.07) is 3.87. The molecule has 84 valence electrons. The number of rotatable bonds is 3. The number of fused-ring (bicyclic) bond motifs is 1. The first-order valence-electron chi connectivity index (χ1n) is 5.70. The number of terminal acetylenes is 1. The summed E-state index contributed by atoms with van der Waals surface area (Å²) < 4.78 is 0. The number of H-pyrrole nitrogens is 1. The molecule has 16 heavy (non-hydrogen) atoms. The summed E-state index contributed by atoms with van der Waals surface area (Å²) in [5.74, 6) is 2.62. The first kappa shape index (κ1) is 11.0. The monoisotopic (exact) mass is 216 g/mol. The molecule has 1 aromatic heterocycles. The molecule has 2 rings (SSSR count). The second kappa shape index (κ2) is 5.00. The minimum Gasteiger partial charge on any atom is -0.326 e. The van der Waals surface area contributed by atoms with Gasteiger partial charge in [-0.3, -0.25) is 4.79 Å². The summed E-state index contributed by atoms with van der Waals surface area (Å²) in [7, 11) is 0. The molecule has 0 fully saturated rings. The molecule has 0 spiro atoms. The van der Waals surface area contributed by atoms with Gasteiger partial charge in [0, 0.05) is 30.8 Å². The van der Waals surface area contributed by atoms with Gasteiger partial charge in [-0.15, -0.1) is 12.3 Å². The summed E-state index contributed by atoms with van der Waals surface area (Å²) in [5, 5.41) is 3.43. The van der Waals surface area contributed by atoms with E-state index in [1.807, 2.05) is 6.07 Å². The van der Waals surface area contributed by atoms with Gasteiger partial charge in [0.15, 0.2) is 0 Å². The maximum atomic E-state index is 11.2. The van der Waals surface area contributed by atoms with Gasteiger partial charge in [0.05, 0.1) is 0 Å². The molecule has 0 saturated carbocycles. The smallest absolute Gasteiger partial charge is 0.248 e. The maximum Gasteiger partial charge on any atom is 0.248 e. The SMILES string of the molecule is C#CCCNC1CCCc2[nH]c(=O)ccc21. The van der Waals surface area contributed by atoms with Crippen molar-refractivity contribution >= 4 is 0 Å². The van der Waals surface area contributed by atoms with E-state index < -0.39 is 0 Å². The second-order valence-electron chi connectivity index (χ2n) is 4.11. The van der Waals surface area contributed by atoms with Crippen molar-refractivity contribution in [3.63, 3.8) is 0 Å². The van der Waals surface area contributed by atoms with Crippen LogP contribution in [-0.4, -0.2) is 11.5 Å². The van der Waals surface area contributed by atoms with Gasteiger partial charge < -0.3 is 10.3 Å². The molecule has 0 radical (unpaired) electrons. The number of pyridine rings is 1. The van der Waals surface area contributed by atoms with Gasteiger partial charge in [0.1, 0.15) is 0 Å². The van der Waals surface area contributed by atoms with E-state index in [0.717, 1.165) is 37.9 Å². The Labute approximate surface area is 95.3 Å². The highest BCUT2D eigenvalue weighted by Gasteiger charge is 2.19. The molecule has 3 heteroatoms. The van der Waals surface area contributed by atoms with Gasteiger partial charge in [-0.1, -0.05) is 6.07 Å². The summed E-state index contributed by atoms with van der Waals surface area (Å²) in [6.07, 6.45) is 9.16. The number of hydrogen-bond acceptors (Lipinski definition) is 2. The van der Waals surface area contributed by atoms with E-state index in [1.54, 1.807) is 6.07 Å². The Hall–Kier alpha value is -1.53. The van der Waals surface area contributed by atoms with E-state index in [9.17, 15) is 4.79 Å². The highest BCUT2D eigenvalue weighted by Crippen LogP contribution is 2.27. The molecule has 1 aliphatic carbocycles. The van der Waals surface area contributed by atoms with E-state index in [2.05, 4.69) is 16.2 Å². The van der Waals surface area contributed by atoms with E-state index in [1.165, 1.54) is 5.56 Å². The fraction of sp³-hybridized carbons (Fsp3) is 0.462. The molecular formula is C13H16N2O. The first-order valence-corrected chi connectivity index (χ1v) is 5.70. The third-order valence-corrected chi connectivity index (χ3v) is 2.99. The van der Waals surface area contributed by atoms with Gasteiger partial charge in [-0.2, -0.15) is 0 Å². The molecule has 0 aromatic carbocycles. The lowest BCUT2D eigenvalue weighted by molar-refractivity contribution is 0.460. The third kappa shape index (κ3) is 2.34. The zero-order valence-electron chi connectivity index (χ0n) is 9.25. The number of nitrogens with one attached hydrogen (secondary N) is 2. The normalized spacial score (nSPS) is 18.8. The van der Waals surface area contributed by atoms with Crippen molar-refractivity contribution in [2.75, 3.05) is 6.54 Å². The number of aryl methyl sites for hydroxylation is 1. The molecule has 1 unspecified atom stereocenters. The first-order chi connectivity index (χ1) is 7.81. The third-order valence-electron chi connectivity index (χ3n) is 2.99. The average molecular weight is 216 g/mol. The Balaban J connectivity index is 2.14. The molecule has 0 bridgehead atoms. The molecule has 1 aliphatic rings. The Bertz CT molecular complexity index is 456. The van der Waals surface area contributed by atoms with Gasteiger partial charge in [-0.05, 0) is 24.8 Å². The summed E-state index contributed by atoms with van der Waals surface area (Å²) in [6.45, 7) is 0.833. The summed E-state index contributed by atoms with van der Waals surface area (Å²) in [5.41, 5.74) is 2.29. The van der Waals surface area contributed by atoms with Crippen LogP contribution in [0.3, 0.4) is 0 Å². The zero-order valence-corrected chi connectivity index (χ0v) is 9.25. The molecule has 1 heterocycles. The molecule has 0 aliphatic heterocycles. The van der Waals surface area contributed by atoms with E-state index in [-0.39, 0.29) is 5.56 Å². The predicted octanol–water partition coefficient (Wildman–Crippen LogP) is 1.37. The number of aromatic amines is 1. The lowest BCUT2D eigenvalue weighted by Crippen LogP contribution is -2.27. The van der Waals surface area contributed by atoms with Crippen LogP contribution >= 0.6 is 0 Å². The van der Waals surface area contributed by atoms with Crippen LogP contribution in [0, 0.1) is 12.3 Å². The van der Waals surface area contributed by atoms with Crippen molar-refractivity contribution in [3.8, 4) is 12.3 Å². The Morgan fingerprint density at radius 3 is 3.25 bits per heavy atom.